The Balaban J connectivity index is 1.99. The number of nitrogens with one attached hydrogen (secondary N) is 1. The second-order valence-corrected chi connectivity index (χ2v) is 4.07. The van der Waals surface area contributed by atoms with Gasteiger partial charge in [-0.3, -0.25) is 14.2 Å². The van der Waals surface area contributed by atoms with Gasteiger partial charge in [-0.25, -0.2) is 4.98 Å². The van der Waals surface area contributed by atoms with Gasteiger partial charge in [0, 0.05) is 25.2 Å². The largest absolute Gasteiger partial charge is 0.325 e. The maximum atomic E-state index is 11.8. The molecule has 0 aliphatic rings. The van der Waals surface area contributed by atoms with Crippen LogP contribution in [0.25, 0.3) is 0 Å². The summed E-state index contributed by atoms with van der Waals surface area (Å²) in [6.45, 7) is 0.243. The predicted octanol–water partition coefficient (Wildman–Crippen LogP) is 1.14. The number of aromatic nitrogens is 2. The number of hydrogen-bond donors (Lipinski definition) is 1. The van der Waals surface area contributed by atoms with Crippen LogP contribution in [0.3, 0.4) is 0 Å². The summed E-state index contributed by atoms with van der Waals surface area (Å²) < 4.78 is 1.36. The van der Waals surface area contributed by atoms with Gasteiger partial charge in [-0.05, 0) is 12.1 Å². The van der Waals surface area contributed by atoms with Gasteiger partial charge < -0.3 is 5.32 Å². The molecule has 0 saturated carbocycles. The highest BCUT2D eigenvalue weighted by Crippen LogP contribution is 2.13. The molecule has 6 heteroatoms. The lowest BCUT2D eigenvalue weighted by molar-refractivity contribution is -0.116. The lowest BCUT2D eigenvalue weighted by Crippen LogP contribution is -2.22. The van der Waals surface area contributed by atoms with Crippen LogP contribution in [0.4, 0.5) is 5.69 Å². The van der Waals surface area contributed by atoms with Crippen LogP contribution in [0.15, 0.2) is 47.7 Å². The number of benzene rings is 1. The Labute approximate surface area is 115 Å². The first-order valence-corrected chi connectivity index (χ1v) is 6.00. The summed E-state index contributed by atoms with van der Waals surface area (Å²) in [6.07, 6.45) is 2.92. The molecule has 0 saturated heterocycles. The Morgan fingerprint density at radius 3 is 2.90 bits per heavy atom. The summed E-state index contributed by atoms with van der Waals surface area (Å²) in [7, 11) is 0. The van der Waals surface area contributed by atoms with E-state index in [0.29, 0.717) is 11.3 Å². The van der Waals surface area contributed by atoms with Gasteiger partial charge in [0.2, 0.25) is 5.91 Å². The number of carbonyl (C=O) groups excluding carboxylic acids is 1. The average molecular weight is 268 g/mol. The lowest BCUT2D eigenvalue weighted by atomic mass is 10.2. The number of hydrogen-bond acceptors (Lipinski definition) is 4. The molecule has 0 spiro atoms. The highest BCUT2D eigenvalue weighted by atomic mass is 16.1. The van der Waals surface area contributed by atoms with Crippen LogP contribution >= 0.6 is 0 Å². The topological polar surface area (TPSA) is 87.8 Å². The molecule has 0 aliphatic carbocycles. The van der Waals surface area contributed by atoms with Crippen molar-refractivity contribution in [1.82, 2.24) is 9.55 Å². The lowest BCUT2D eigenvalue weighted by Gasteiger charge is -2.07. The number of rotatable bonds is 4. The minimum atomic E-state index is -0.261. The molecule has 0 fully saturated rings. The molecular weight excluding hydrogens is 256 g/mol. The summed E-state index contributed by atoms with van der Waals surface area (Å²) in [6, 6.07) is 10.1. The number of nitriles is 1. The molecule has 1 amide bonds. The summed E-state index contributed by atoms with van der Waals surface area (Å²) in [5, 5.41) is 11.6. The Hall–Kier alpha value is -2.94. The minimum absolute atomic E-state index is 0.130. The van der Waals surface area contributed by atoms with Crippen LogP contribution in [-0.2, 0) is 11.3 Å². The molecular formula is C14H12N4O2. The fraction of sp³-hybridized carbons (Fsp3) is 0.143. The third-order valence-corrected chi connectivity index (χ3v) is 2.69. The Kier molecular flexibility index (Phi) is 4.24. The normalized spacial score (nSPS) is 9.75. The highest BCUT2D eigenvalue weighted by molar-refractivity contribution is 5.91. The van der Waals surface area contributed by atoms with E-state index in [4.69, 9.17) is 5.26 Å². The zero-order valence-corrected chi connectivity index (χ0v) is 10.6. The predicted molar refractivity (Wildman–Crippen MR) is 72.9 cm³/mol. The maximum Gasteiger partial charge on any atom is 0.253 e. The van der Waals surface area contributed by atoms with E-state index < -0.39 is 0 Å². The molecule has 2 aromatic rings. The number of nitrogens with zero attached hydrogens (tertiary/aromatic N) is 3. The van der Waals surface area contributed by atoms with Crippen molar-refractivity contribution >= 4 is 11.6 Å². The molecule has 1 aromatic heterocycles. The van der Waals surface area contributed by atoms with Gasteiger partial charge in [-0.1, -0.05) is 12.1 Å². The number of anilines is 1. The first-order chi connectivity index (χ1) is 9.70. The molecule has 6 nitrogen and oxygen atoms in total. The number of carbonyl (C=O) groups is 1. The standard InChI is InChI=1S/C14H12N4O2/c15-9-11-3-1-2-4-12(11)17-13(19)6-8-18-10-16-7-5-14(18)20/h1-5,7,10H,6,8H2,(H,17,19). The van der Waals surface area contributed by atoms with Gasteiger partial charge >= 0.3 is 0 Å². The van der Waals surface area contributed by atoms with Gasteiger partial charge in [0.05, 0.1) is 17.6 Å². The quantitative estimate of drug-likeness (QED) is 0.900. The van der Waals surface area contributed by atoms with Crippen molar-refractivity contribution in [3.05, 3.63) is 58.8 Å². The van der Waals surface area contributed by atoms with Crippen LogP contribution in [0.1, 0.15) is 12.0 Å². The Morgan fingerprint density at radius 2 is 2.15 bits per heavy atom. The third-order valence-electron chi connectivity index (χ3n) is 2.69. The van der Waals surface area contributed by atoms with E-state index in [9.17, 15) is 9.59 Å². The number of aryl methyl sites for hydroxylation is 1. The van der Waals surface area contributed by atoms with Crippen molar-refractivity contribution in [2.24, 2.45) is 0 Å². The average Bonchev–Trinajstić information content (AvgIpc) is 2.47. The van der Waals surface area contributed by atoms with Crippen LogP contribution in [-0.4, -0.2) is 15.5 Å². The van der Waals surface area contributed by atoms with Crippen LogP contribution in [0.5, 0.6) is 0 Å². The smallest absolute Gasteiger partial charge is 0.253 e. The van der Waals surface area contributed by atoms with Gasteiger partial charge in [0.1, 0.15) is 6.07 Å². The van der Waals surface area contributed by atoms with Gasteiger partial charge in [0.15, 0.2) is 0 Å². The second kappa shape index (κ2) is 6.29. The third kappa shape index (κ3) is 3.29. The van der Waals surface area contributed by atoms with Crippen LogP contribution in [0.2, 0.25) is 0 Å². The summed E-state index contributed by atoms with van der Waals surface area (Å²) >= 11 is 0. The van der Waals surface area contributed by atoms with E-state index in [-0.39, 0.29) is 24.4 Å². The van der Waals surface area contributed by atoms with Gasteiger partial charge in [-0.2, -0.15) is 5.26 Å². The molecule has 0 unspecified atom stereocenters. The number of amides is 1. The zero-order chi connectivity index (χ0) is 14.4. The number of para-hydroxylation sites is 1. The molecule has 100 valence electrons. The Morgan fingerprint density at radius 1 is 1.35 bits per heavy atom. The first-order valence-electron chi connectivity index (χ1n) is 6.00. The first kappa shape index (κ1) is 13.5. The van der Waals surface area contributed by atoms with Crippen molar-refractivity contribution in [2.75, 3.05) is 5.32 Å². The summed E-state index contributed by atoms with van der Waals surface area (Å²) in [5.74, 6) is -0.261. The molecule has 1 aromatic carbocycles. The Bertz CT molecular complexity index is 715. The molecule has 1 heterocycles. The van der Waals surface area contributed by atoms with E-state index in [1.165, 1.54) is 23.2 Å². The van der Waals surface area contributed by atoms with Crippen molar-refractivity contribution < 1.29 is 4.79 Å². The fourth-order valence-corrected chi connectivity index (χ4v) is 1.67. The molecule has 1 N–H and O–H groups in total. The maximum absolute atomic E-state index is 11.8. The summed E-state index contributed by atoms with van der Waals surface area (Å²) in [5.41, 5.74) is 0.670. The van der Waals surface area contributed by atoms with Gasteiger partial charge in [0.25, 0.3) is 5.56 Å². The SMILES string of the molecule is N#Cc1ccccc1NC(=O)CCn1cnccc1=O. The van der Waals surface area contributed by atoms with Crippen LogP contribution < -0.4 is 10.9 Å². The van der Waals surface area contributed by atoms with E-state index in [1.807, 2.05) is 6.07 Å². The summed E-state index contributed by atoms with van der Waals surface area (Å²) in [4.78, 5) is 27.1. The fourth-order valence-electron chi connectivity index (χ4n) is 1.67. The molecule has 20 heavy (non-hydrogen) atoms. The van der Waals surface area contributed by atoms with E-state index in [2.05, 4.69) is 10.3 Å². The van der Waals surface area contributed by atoms with Crippen molar-refractivity contribution in [3.63, 3.8) is 0 Å². The van der Waals surface area contributed by atoms with E-state index in [1.54, 1.807) is 24.3 Å². The van der Waals surface area contributed by atoms with Gasteiger partial charge in [-0.15, -0.1) is 0 Å². The second-order valence-electron chi connectivity index (χ2n) is 4.07. The molecule has 0 bridgehead atoms. The van der Waals surface area contributed by atoms with Crippen molar-refractivity contribution in [1.29, 1.82) is 5.26 Å². The highest BCUT2D eigenvalue weighted by Gasteiger charge is 2.06. The van der Waals surface area contributed by atoms with E-state index in [0.717, 1.165) is 0 Å². The van der Waals surface area contributed by atoms with Crippen LogP contribution in [0, 0.1) is 11.3 Å². The molecule has 2 rings (SSSR count). The molecule has 0 radical (unpaired) electrons. The minimum Gasteiger partial charge on any atom is -0.325 e. The van der Waals surface area contributed by atoms with Crippen molar-refractivity contribution in [2.45, 2.75) is 13.0 Å². The zero-order valence-electron chi connectivity index (χ0n) is 10.6. The molecule has 0 atom stereocenters. The monoisotopic (exact) mass is 268 g/mol. The molecule has 0 aliphatic heterocycles. The van der Waals surface area contributed by atoms with E-state index >= 15 is 0 Å². The van der Waals surface area contributed by atoms with Crippen molar-refractivity contribution in [3.8, 4) is 6.07 Å².